The molecule has 2 nitrogen and oxygen atoms in total. The summed E-state index contributed by atoms with van der Waals surface area (Å²) >= 11 is 3.39. The van der Waals surface area contributed by atoms with Gasteiger partial charge in [-0.3, -0.25) is 5.32 Å². The SMILES string of the molecule is N=C1C=CC=CC1=C1C=CC(Br)=C[NH2+]1. The highest BCUT2D eigenvalue weighted by Gasteiger charge is 2.12. The minimum Gasteiger partial charge on any atom is -0.300 e. The van der Waals surface area contributed by atoms with Crippen LogP contribution >= 0.6 is 15.9 Å². The third-order valence-corrected chi connectivity index (χ3v) is 2.61. The molecule has 1 aliphatic heterocycles. The molecule has 3 N–H and O–H groups in total. The van der Waals surface area contributed by atoms with Gasteiger partial charge in [0.1, 0.15) is 11.9 Å². The minimum atomic E-state index is 0.565. The van der Waals surface area contributed by atoms with E-state index in [2.05, 4.69) is 15.9 Å². The molecule has 2 aliphatic rings. The number of hydrogen-bond donors (Lipinski definition) is 2. The highest BCUT2D eigenvalue weighted by atomic mass is 79.9. The molecule has 0 saturated heterocycles. The van der Waals surface area contributed by atoms with Gasteiger partial charge >= 0.3 is 0 Å². The summed E-state index contributed by atoms with van der Waals surface area (Å²) in [5.74, 6) is 0. The normalized spacial score (nSPS) is 25.5. The molecule has 0 radical (unpaired) electrons. The first-order valence-electron chi connectivity index (χ1n) is 4.34. The molecule has 14 heavy (non-hydrogen) atoms. The standard InChI is InChI=1S/C11H9BrN2/c12-8-5-6-11(14-7-8)9-3-1-2-4-10(9)13/h1-7,13-14H/p+1. The molecule has 0 spiro atoms. The first-order chi connectivity index (χ1) is 6.77. The largest absolute Gasteiger partial charge is 0.300 e. The quantitative estimate of drug-likeness (QED) is 0.657. The van der Waals surface area contributed by atoms with Crippen LogP contribution in [0.1, 0.15) is 0 Å². The molecule has 3 heteroatoms. The van der Waals surface area contributed by atoms with Crippen molar-refractivity contribution in [3.63, 3.8) is 0 Å². The highest BCUT2D eigenvalue weighted by molar-refractivity contribution is 9.11. The van der Waals surface area contributed by atoms with Gasteiger partial charge < -0.3 is 5.41 Å². The van der Waals surface area contributed by atoms with Gasteiger partial charge in [0.25, 0.3) is 0 Å². The van der Waals surface area contributed by atoms with E-state index in [0.717, 1.165) is 15.8 Å². The van der Waals surface area contributed by atoms with E-state index < -0.39 is 0 Å². The van der Waals surface area contributed by atoms with Gasteiger partial charge in [0.15, 0.2) is 0 Å². The maximum Gasteiger partial charge on any atom is 0.143 e. The van der Waals surface area contributed by atoms with Crippen molar-refractivity contribution in [3.05, 3.63) is 58.4 Å². The molecule has 0 atom stereocenters. The lowest BCUT2D eigenvalue weighted by atomic mass is 10.0. The molecular weight excluding hydrogens is 240 g/mol. The molecule has 0 bridgehead atoms. The zero-order chi connectivity index (χ0) is 9.97. The second kappa shape index (κ2) is 3.90. The Kier molecular flexibility index (Phi) is 2.61. The molecule has 0 aromatic heterocycles. The Labute approximate surface area is 91.0 Å². The van der Waals surface area contributed by atoms with E-state index in [1.54, 1.807) is 6.08 Å². The molecule has 0 amide bonds. The fourth-order valence-electron chi connectivity index (χ4n) is 1.36. The fourth-order valence-corrected chi connectivity index (χ4v) is 1.63. The van der Waals surface area contributed by atoms with Crippen molar-refractivity contribution in [3.8, 4) is 0 Å². The zero-order valence-corrected chi connectivity index (χ0v) is 9.08. The van der Waals surface area contributed by atoms with Gasteiger partial charge in [0, 0.05) is 6.08 Å². The van der Waals surface area contributed by atoms with Crippen LogP contribution in [-0.4, -0.2) is 5.71 Å². The first-order valence-corrected chi connectivity index (χ1v) is 5.13. The van der Waals surface area contributed by atoms with Gasteiger partial charge in [-0.15, -0.1) is 0 Å². The van der Waals surface area contributed by atoms with Crippen molar-refractivity contribution in [1.29, 1.82) is 5.41 Å². The Morgan fingerprint density at radius 3 is 2.50 bits per heavy atom. The van der Waals surface area contributed by atoms with Crippen LogP contribution in [0.2, 0.25) is 0 Å². The molecule has 0 aromatic rings. The van der Waals surface area contributed by atoms with Crippen LogP contribution in [0, 0.1) is 5.41 Å². The predicted octanol–water partition coefficient (Wildman–Crippen LogP) is 1.76. The van der Waals surface area contributed by atoms with Crippen LogP contribution in [0.5, 0.6) is 0 Å². The van der Waals surface area contributed by atoms with Crippen molar-refractivity contribution >= 4 is 21.6 Å². The Bertz CT molecular complexity index is 423. The minimum absolute atomic E-state index is 0.565. The smallest absolute Gasteiger partial charge is 0.143 e. The van der Waals surface area contributed by atoms with Gasteiger partial charge in [-0.05, 0) is 34.2 Å². The van der Waals surface area contributed by atoms with E-state index in [1.165, 1.54) is 0 Å². The third kappa shape index (κ3) is 1.84. The van der Waals surface area contributed by atoms with E-state index >= 15 is 0 Å². The van der Waals surface area contributed by atoms with Crippen molar-refractivity contribution in [2.75, 3.05) is 0 Å². The number of nitrogens with two attached hydrogens (primary N) is 1. The third-order valence-electron chi connectivity index (χ3n) is 2.08. The number of allylic oxidation sites excluding steroid dienone is 8. The number of rotatable bonds is 0. The molecule has 0 saturated carbocycles. The van der Waals surface area contributed by atoms with E-state index in [9.17, 15) is 0 Å². The lowest BCUT2D eigenvalue weighted by molar-refractivity contribution is -0.531. The summed E-state index contributed by atoms with van der Waals surface area (Å²) in [4.78, 5) is 0. The molecule has 1 heterocycles. The molecule has 0 aromatic carbocycles. The molecule has 2 rings (SSSR count). The van der Waals surface area contributed by atoms with E-state index in [0.29, 0.717) is 5.71 Å². The monoisotopic (exact) mass is 249 g/mol. The van der Waals surface area contributed by atoms with E-state index in [-0.39, 0.29) is 0 Å². The molecular formula is C11H10BrN2+. The van der Waals surface area contributed by atoms with Crippen LogP contribution in [0.15, 0.2) is 58.4 Å². The second-order valence-electron chi connectivity index (χ2n) is 3.05. The predicted molar refractivity (Wildman–Crippen MR) is 61.1 cm³/mol. The van der Waals surface area contributed by atoms with Gasteiger partial charge in [-0.2, -0.15) is 0 Å². The summed E-state index contributed by atoms with van der Waals surface area (Å²) in [6, 6.07) is 0. The van der Waals surface area contributed by atoms with Crippen molar-refractivity contribution in [2.24, 2.45) is 0 Å². The Morgan fingerprint density at radius 1 is 1.07 bits per heavy atom. The summed E-state index contributed by atoms with van der Waals surface area (Å²) in [6.07, 6.45) is 13.6. The summed E-state index contributed by atoms with van der Waals surface area (Å²) < 4.78 is 1.06. The maximum absolute atomic E-state index is 7.75. The maximum atomic E-state index is 7.75. The first kappa shape index (κ1) is 9.37. The topological polar surface area (TPSA) is 40.5 Å². The fraction of sp³-hybridized carbons (Fsp3) is 0. The molecule has 0 fully saturated rings. The summed E-state index contributed by atoms with van der Waals surface area (Å²) in [5.41, 5.74) is 2.62. The van der Waals surface area contributed by atoms with Crippen molar-refractivity contribution in [1.82, 2.24) is 0 Å². The van der Waals surface area contributed by atoms with E-state index in [1.807, 2.05) is 41.9 Å². The van der Waals surface area contributed by atoms with Crippen molar-refractivity contribution in [2.45, 2.75) is 0 Å². The van der Waals surface area contributed by atoms with E-state index in [4.69, 9.17) is 5.41 Å². The van der Waals surface area contributed by atoms with Crippen LogP contribution in [0.3, 0.4) is 0 Å². The van der Waals surface area contributed by atoms with Gasteiger partial charge in [-0.25, -0.2) is 0 Å². The number of nitrogens with one attached hydrogen (secondary N) is 1. The average molecular weight is 250 g/mol. The summed E-state index contributed by atoms with van der Waals surface area (Å²) in [7, 11) is 0. The molecule has 1 aliphatic carbocycles. The van der Waals surface area contributed by atoms with Crippen LogP contribution in [0.4, 0.5) is 0 Å². The summed E-state index contributed by atoms with van der Waals surface area (Å²) in [5, 5.41) is 9.76. The molecule has 0 unspecified atom stereocenters. The van der Waals surface area contributed by atoms with Gasteiger partial charge in [0.2, 0.25) is 0 Å². The molecule has 70 valence electrons. The Hall–Kier alpha value is -1.19. The Morgan fingerprint density at radius 2 is 1.86 bits per heavy atom. The number of hydrogen-bond acceptors (Lipinski definition) is 1. The highest BCUT2D eigenvalue weighted by Crippen LogP contribution is 2.14. The van der Waals surface area contributed by atoms with Gasteiger partial charge in [-0.1, -0.05) is 12.2 Å². The van der Waals surface area contributed by atoms with Gasteiger partial charge in [0.05, 0.1) is 15.8 Å². The zero-order valence-electron chi connectivity index (χ0n) is 7.50. The van der Waals surface area contributed by atoms with Crippen molar-refractivity contribution < 1.29 is 5.32 Å². The summed E-state index contributed by atoms with van der Waals surface area (Å²) in [6.45, 7) is 0. The number of quaternary nitrogens is 1. The van der Waals surface area contributed by atoms with Crippen LogP contribution in [0.25, 0.3) is 0 Å². The lowest BCUT2D eigenvalue weighted by Gasteiger charge is -2.09. The second-order valence-corrected chi connectivity index (χ2v) is 3.97. The van der Waals surface area contributed by atoms with Crippen LogP contribution in [-0.2, 0) is 0 Å². The Balaban J connectivity index is 2.34. The number of halogens is 1. The average Bonchev–Trinajstić information content (AvgIpc) is 2.20. The van der Waals surface area contributed by atoms with Crippen LogP contribution < -0.4 is 5.32 Å². The lowest BCUT2D eigenvalue weighted by Crippen LogP contribution is -2.76.